The van der Waals surface area contributed by atoms with Gasteiger partial charge in [-0.05, 0) is 29.8 Å². The third-order valence-electron chi connectivity index (χ3n) is 2.61. The zero-order chi connectivity index (χ0) is 15.6. The van der Waals surface area contributed by atoms with Gasteiger partial charge in [0, 0.05) is 17.7 Å². The number of aromatic hydroxyl groups is 1. The van der Waals surface area contributed by atoms with Crippen LogP contribution in [0.4, 0.5) is 17.6 Å². The van der Waals surface area contributed by atoms with Crippen LogP contribution in [0.25, 0.3) is 11.1 Å². The van der Waals surface area contributed by atoms with Crippen LogP contribution in [0.1, 0.15) is 0 Å². The lowest BCUT2D eigenvalue weighted by Crippen LogP contribution is -2.17. The van der Waals surface area contributed by atoms with Crippen LogP contribution >= 0.6 is 0 Å². The van der Waals surface area contributed by atoms with E-state index in [2.05, 4.69) is 4.74 Å². The van der Waals surface area contributed by atoms with Gasteiger partial charge < -0.3 is 14.6 Å². The fourth-order valence-corrected chi connectivity index (χ4v) is 1.79. The molecule has 0 aliphatic heterocycles. The van der Waals surface area contributed by atoms with Gasteiger partial charge in [-0.2, -0.15) is 0 Å². The normalized spacial score (nSPS) is 11.3. The van der Waals surface area contributed by atoms with E-state index in [0.29, 0.717) is 0 Å². The van der Waals surface area contributed by atoms with Gasteiger partial charge in [0.05, 0.1) is 7.11 Å². The Hall–Kier alpha value is -2.44. The van der Waals surface area contributed by atoms with Gasteiger partial charge in [-0.1, -0.05) is 0 Å². The summed E-state index contributed by atoms with van der Waals surface area (Å²) in [7, 11) is 1.36. The van der Waals surface area contributed by atoms with Crippen molar-refractivity contribution in [1.82, 2.24) is 0 Å². The minimum Gasteiger partial charge on any atom is -0.508 e. The summed E-state index contributed by atoms with van der Waals surface area (Å²) in [4.78, 5) is 0. The highest BCUT2D eigenvalue weighted by Crippen LogP contribution is 2.34. The summed E-state index contributed by atoms with van der Waals surface area (Å²) >= 11 is 0. The molecule has 0 aliphatic carbocycles. The molecular weight excluding hydrogens is 292 g/mol. The molecule has 2 aromatic carbocycles. The van der Waals surface area contributed by atoms with Crippen molar-refractivity contribution >= 4 is 0 Å². The monoisotopic (exact) mass is 302 g/mol. The summed E-state index contributed by atoms with van der Waals surface area (Å²) in [6.07, 6.45) is -4.90. The Labute approximate surface area is 117 Å². The van der Waals surface area contributed by atoms with Crippen molar-refractivity contribution in [1.29, 1.82) is 0 Å². The summed E-state index contributed by atoms with van der Waals surface area (Å²) in [5.41, 5.74) is 0.0631. The highest BCUT2D eigenvalue weighted by atomic mass is 19.4. The number of ether oxygens (including phenoxy) is 2. The molecule has 3 nitrogen and oxygen atoms in total. The number of phenolic OH excluding ortho intramolecular Hbond substituents is 1. The van der Waals surface area contributed by atoms with E-state index >= 15 is 0 Å². The van der Waals surface area contributed by atoms with Crippen molar-refractivity contribution in [3.8, 4) is 28.4 Å². The van der Waals surface area contributed by atoms with Crippen LogP contribution < -0.4 is 9.47 Å². The van der Waals surface area contributed by atoms with Gasteiger partial charge in [0.15, 0.2) is 0 Å². The minimum absolute atomic E-state index is 0.0127. The Morgan fingerprint density at radius 1 is 1.00 bits per heavy atom. The lowest BCUT2D eigenvalue weighted by atomic mass is 10.0. The van der Waals surface area contributed by atoms with Crippen LogP contribution in [-0.2, 0) is 0 Å². The quantitative estimate of drug-likeness (QED) is 0.867. The summed E-state index contributed by atoms with van der Waals surface area (Å²) in [6.45, 7) is 0. The second-order valence-electron chi connectivity index (χ2n) is 4.11. The number of halogens is 4. The molecular formula is C14H10F4O3. The average Bonchev–Trinajstić information content (AvgIpc) is 2.35. The number of alkyl halides is 3. The first-order chi connectivity index (χ1) is 9.78. The van der Waals surface area contributed by atoms with Crippen LogP contribution in [0.3, 0.4) is 0 Å². The molecule has 0 spiro atoms. The Kier molecular flexibility index (Phi) is 3.93. The third-order valence-corrected chi connectivity index (χ3v) is 2.61. The first kappa shape index (κ1) is 15.0. The number of benzene rings is 2. The molecule has 0 saturated carbocycles. The fraction of sp³-hybridized carbons (Fsp3) is 0.143. The van der Waals surface area contributed by atoms with Crippen molar-refractivity contribution in [2.45, 2.75) is 6.36 Å². The van der Waals surface area contributed by atoms with Gasteiger partial charge in [0.1, 0.15) is 23.1 Å². The number of methoxy groups -OCH3 is 1. The molecule has 0 fully saturated rings. The predicted molar refractivity (Wildman–Crippen MR) is 66.7 cm³/mol. The average molecular weight is 302 g/mol. The van der Waals surface area contributed by atoms with Crippen molar-refractivity contribution in [2.24, 2.45) is 0 Å². The molecule has 0 atom stereocenters. The first-order valence-electron chi connectivity index (χ1n) is 5.72. The van der Waals surface area contributed by atoms with E-state index in [9.17, 15) is 22.7 Å². The zero-order valence-corrected chi connectivity index (χ0v) is 10.7. The van der Waals surface area contributed by atoms with Gasteiger partial charge in [0.2, 0.25) is 0 Å². The van der Waals surface area contributed by atoms with Crippen LogP contribution in [0.5, 0.6) is 17.2 Å². The minimum atomic E-state index is -4.90. The fourth-order valence-electron chi connectivity index (χ4n) is 1.79. The van der Waals surface area contributed by atoms with E-state index in [1.54, 1.807) is 0 Å². The number of phenols is 1. The topological polar surface area (TPSA) is 38.7 Å². The number of hydrogen-bond acceptors (Lipinski definition) is 3. The second kappa shape index (κ2) is 5.51. The second-order valence-corrected chi connectivity index (χ2v) is 4.11. The van der Waals surface area contributed by atoms with E-state index in [-0.39, 0.29) is 16.9 Å². The standard InChI is InChI=1S/C14H10F4O3/c1-20-10-2-3-12(13(15)7-10)8-4-9(19)6-11(5-8)21-14(16,17)18/h2-7,19H,1H3. The molecule has 7 heteroatoms. The molecule has 0 unspecified atom stereocenters. The molecule has 21 heavy (non-hydrogen) atoms. The maximum absolute atomic E-state index is 13.9. The lowest BCUT2D eigenvalue weighted by Gasteiger charge is -2.12. The molecule has 112 valence electrons. The molecule has 0 heterocycles. The molecule has 1 N–H and O–H groups in total. The van der Waals surface area contributed by atoms with Gasteiger partial charge in [-0.3, -0.25) is 0 Å². The Balaban J connectivity index is 2.44. The Morgan fingerprint density at radius 2 is 1.71 bits per heavy atom. The lowest BCUT2D eigenvalue weighted by molar-refractivity contribution is -0.274. The predicted octanol–water partition coefficient (Wildman–Crippen LogP) is 4.11. The van der Waals surface area contributed by atoms with Crippen LogP contribution in [0, 0.1) is 5.82 Å². The van der Waals surface area contributed by atoms with Crippen molar-refractivity contribution in [2.75, 3.05) is 7.11 Å². The molecule has 0 aliphatic rings. The summed E-state index contributed by atoms with van der Waals surface area (Å²) in [5.74, 6) is -1.53. The molecule has 0 amide bonds. The Morgan fingerprint density at radius 3 is 2.29 bits per heavy atom. The number of rotatable bonds is 3. The van der Waals surface area contributed by atoms with E-state index in [4.69, 9.17) is 4.74 Å². The maximum Gasteiger partial charge on any atom is 0.573 e. The molecule has 0 bridgehead atoms. The molecule has 0 saturated heterocycles. The zero-order valence-electron chi connectivity index (χ0n) is 10.7. The molecule has 0 aromatic heterocycles. The van der Waals surface area contributed by atoms with Crippen molar-refractivity contribution in [3.63, 3.8) is 0 Å². The smallest absolute Gasteiger partial charge is 0.508 e. The van der Waals surface area contributed by atoms with Gasteiger partial charge in [-0.25, -0.2) is 4.39 Å². The number of hydrogen-bond donors (Lipinski definition) is 1. The van der Waals surface area contributed by atoms with Crippen molar-refractivity contribution < 1.29 is 32.1 Å². The summed E-state index contributed by atoms with van der Waals surface area (Å²) in [5, 5.41) is 9.45. The van der Waals surface area contributed by atoms with Crippen LogP contribution in [0.15, 0.2) is 36.4 Å². The van der Waals surface area contributed by atoms with Gasteiger partial charge in [-0.15, -0.1) is 13.2 Å². The maximum atomic E-state index is 13.9. The van der Waals surface area contributed by atoms with Crippen molar-refractivity contribution in [3.05, 3.63) is 42.2 Å². The summed E-state index contributed by atoms with van der Waals surface area (Å²) in [6, 6.07) is 6.78. The van der Waals surface area contributed by atoms with E-state index in [0.717, 1.165) is 24.3 Å². The SMILES string of the molecule is COc1ccc(-c2cc(O)cc(OC(F)(F)F)c2)c(F)c1. The summed E-state index contributed by atoms with van der Waals surface area (Å²) < 4.78 is 59.0. The van der Waals surface area contributed by atoms with Crippen LogP contribution in [-0.4, -0.2) is 18.6 Å². The van der Waals surface area contributed by atoms with E-state index < -0.39 is 23.7 Å². The molecule has 0 radical (unpaired) electrons. The highest BCUT2D eigenvalue weighted by molar-refractivity contribution is 5.68. The van der Waals surface area contributed by atoms with E-state index in [1.165, 1.54) is 19.2 Å². The Bertz CT molecular complexity index is 653. The largest absolute Gasteiger partial charge is 0.573 e. The van der Waals surface area contributed by atoms with E-state index in [1.807, 2.05) is 0 Å². The highest BCUT2D eigenvalue weighted by Gasteiger charge is 2.31. The molecule has 2 rings (SSSR count). The van der Waals surface area contributed by atoms with Gasteiger partial charge in [0.25, 0.3) is 0 Å². The third kappa shape index (κ3) is 3.77. The van der Waals surface area contributed by atoms with Crippen LogP contribution in [0.2, 0.25) is 0 Å². The first-order valence-corrected chi connectivity index (χ1v) is 5.72. The van der Waals surface area contributed by atoms with Gasteiger partial charge >= 0.3 is 6.36 Å². The molecule has 2 aromatic rings.